The van der Waals surface area contributed by atoms with Crippen LogP contribution in [-0.4, -0.2) is 15.0 Å². The van der Waals surface area contributed by atoms with Crippen LogP contribution in [0.1, 0.15) is 16.8 Å². The van der Waals surface area contributed by atoms with Crippen molar-refractivity contribution < 1.29 is 13.2 Å². The summed E-state index contributed by atoms with van der Waals surface area (Å²) in [7, 11) is 0. The Morgan fingerprint density at radius 2 is 2.00 bits per heavy atom. The lowest BCUT2D eigenvalue weighted by atomic mass is 10.1. The number of aryl methyl sites for hydroxylation is 1. The van der Waals surface area contributed by atoms with Crippen LogP contribution in [-0.2, 0) is 12.7 Å². The minimum absolute atomic E-state index is 0.0500. The number of alkyl halides is 3. The fourth-order valence-electron chi connectivity index (χ4n) is 1.48. The second-order valence-corrected chi connectivity index (χ2v) is 3.92. The molecule has 0 aliphatic rings. The van der Waals surface area contributed by atoms with Gasteiger partial charge < -0.3 is 5.32 Å². The fraction of sp³-hybridized carbons (Fsp3) is 0.250. The van der Waals surface area contributed by atoms with Crippen molar-refractivity contribution in [3.63, 3.8) is 0 Å². The molecule has 0 bridgehead atoms. The minimum Gasteiger partial charge on any atom is -0.350 e. The van der Waals surface area contributed by atoms with E-state index in [9.17, 15) is 13.2 Å². The van der Waals surface area contributed by atoms with Crippen LogP contribution in [0.15, 0.2) is 30.7 Å². The average Bonchev–Trinajstić information content (AvgIpc) is 2.37. The van der Waals surface area contributed by atoms with Gasteiger partial charge in [0.05, 0.1) is 0 Å². The summed E-state index contributed by atoms with van der Waals surface area (Å²) in [6, 6.07) is 2.62. The third-order valence-electron chi connectivity index (χ3n) is 2.52. The lowest BCUT2D eigenvalue weighted by Crippen LogP contribution is -2.11. The van der Waals surface area contributed by atoms with Crippen LogP contribution < -0.4 is 5.32 Å². The van der Waals surface area contributed by atoms with Crippen molar-refractivity contribution in [3.05, 3.63) is 47.5 Å². The van der Waals surface area contributed by atoms with E-state index in [-0.39, 0.29) is 5.95 Å². The van der Waals surface area contributed by atoms with E-state index in [1.165, 1.54) is 0 Å². The molecule has 2 aromatic heterocycles. The second kappa shape index (κ2) is 5.21. The SMILES string of the molecule is Cc1cnccc1CNc1nccc(C(F)(F)F)n1. The van der Waals surface area contributed by atoms with Crippen molar-refractivity contribution in [2.24, 2.45) is 0 Å². The maximum atomic E-state index is 12.5. The smallest absolute Gasteiger partial charge is 0.350 e. The Kier molecular flexibility index (Phi) is 3.64. The highest BCUT2D eigenvalue weighted by atomic mass is 19.4. The molecule has 7 heteroatoms. The van der Waals surface area contributed by atoms with Gasteiger partial charge in [0.2, 0.25) is 5.95 Å². The molecule has 4 nitrogen and oxygen atoms in total. The van der Waals surface area contributed by atoms with E-state index in [0.29, 0.717) is 6.54 Å². The van der Waals surface area contributed by atoms with Gasteiger partial charge >= 0.3 is 6.18 Å². The molecule has 100 valence electrons. The molecule has 1 N–H and O–H groups in total. The summed E-state index contributed by atoms with van der Waals surface area (Å²) in [6.07, 6.45) is -0.0788. The molecule has 0 saturated carbocycles. The van der Waals surface area contributed by atoms with Crippen LogP contribution in [0, 0.1) is 6.92 Å². The van der Waals surface area contributed by atoms with Crippen molar-refractivity contribution in [2.45, 2.75) is 19.6 Å². The van der Waals surface area contributed by atoms with Crippen molar-refractivity contribution in [2.75, 3.05) is 5.32 Å². The predicted octanol–water partition coefficient (Wildman–Crippen LogP) is 2.81. The molecular weight excluding hydrogens is 257 g/mol. The first-order chi connectivity index (χ1) is 8.97. The highest BCUT2D eigenvalue weighted by molar-refractivity contribution is 5.30. The third kappa shape index (κ3) is 3.40. The van der Waals surface area contributed by atoms with E-state index >= 15 is 0 Å². The summed E-state index contributed by atoms with van der Waals surface area (Å²) in [6.45, 7) is 2.21. The standard InChI is InChI=1S/C12H11F3N4/c1-8-6-16-4-2-9(8)7-18-11-17-5-3-10(19-11)12(13,14)15/h2-6H,7H2,1H3,(H,17,18,19). The highest BCUT2D eigenvalue weighted by Crippen LogP contribution is 2.27. The minimum atomic E-state index is -4.47. The molecule has 0 radical (unpaired) electrons. The first-order valence-electron chi connectivity index (χ1n) is 5.50. The molecule has 0 fully saturated rings. The lowest BCUT2D eigenvalue weighted by Gasteiger charge is -2.09. The van der Waals surface area contributed by atoms with Crippen LogP contribution >= 0.6 is 0 Å². The Morgan fingerprint density at radius 1 is 1.21 bits per heavy atom. The van der Waals surface area contributed by atoms with Crippen molar-refractivity contribution in [3.8, 4) is 0 Å². The zero-order valence-electron chi connectivity index (χ0n) is 10.1. The molecule has 0 spiro atoms. The number of nitrogens with one attached hydrogen (secondary N) is 1. The van der Waals surface area contributed by atoms with E-state index in [1.807, 2.05) is 6.92 Å². The monoisotopic (exact) mass is 268 g/mol. The Balaban J connectivity index is 2.10. The molecule has 0 saturated heterocycles. The molecule has 0 amide bonds. The van der Waals surface area contributed by atoms with Gasteiger partial charge in [-0.1, -0.05) is 0 Å². The summed E-state index contributed by atoms with van der Waals surface area (Å²) in [5, 5.41) is 2.76. The van der Waals surface area contributed by atoms with Crippen LogP contribution in [0.2, 0.25) is 0 Å². The number of halogens is 3. The fourth-order valence-corrected chi connectivity index (χ4v) is 1.48. The second-order valence-electron chi connectivity index (χ2n) is 3.92. The quantitative estimate of drug-likeness (QED) is 0.930. The molecule has 0 atom stereocenters. The highest BCUT2D eigenvalue weighted by Gasteiger charge is 2.32. The lowest BCUT2D eigenvalue weighted by molar-refractivity contribution is -0.141. The molecule has 0 aromatic carbocycles. The van der Waals surface area contributed by atoms with Gasteiger partial charge in [0.1, 0.15) is 5.69 Å². The van der Waals surface area contributed by atoms with Crippen LogP contribution in [0.25, 0.3) is 0 Å². The molecule has 19 heavy (non-hydrogen) atoms. The third-order valence-corrected chi connectivity index (χ3v) is 2.52. The zero-order valence-corrected chi connectivity index (χ0v) is 10.1. The summed E-state index contributed by atoms with van der Waals surface area (Å²) in [4.78, 5) is 11.1. The zero-order chi connectivity index (χ0) is 13.9. The predicted molar refractivity (Wildman–Crippen MR) is 63.3 cm³/mol. The molecule has 2 rings (SSSR count). The number of pyridine rings is 1. The average molecular weight is 268 g/mol. The summed E-state index contributed by atoms with van der Waals surface area (Å²) in [5.74, 6) is -0.0500. The number of rotatable bonds is 3. The summed E-state index contributed by atoms with van der Waals surface area (Å²) < 4.78 is 37.4. The molecule has 0 aliphatic carbocycles. The van der Waals surface area contributed by atoms with Crippen LogP contribution in [0.3, 0.4) is 0 Å². The van der Waals surface area contributed by atoms with Gasteiger partial charge in [-0.2, -0.15) is 13.2 Å². The van der Waals surface area contributed by atoms with Crippen LogP contribution in [0.4, 0.5) is 19.1 Å². The van der Waals surface area contributed by atoms with E-state index in [2.05, 4.69) is 20.3 Å². The topological polar surface area (TPSA) is 50.7 Å². The number of aromatic nitrogens is 3. The normalized spacial score (nSPS) is 11.4. The Bertz CT molecular complexity index is 569. The van der Waals surface area contributed by atoms with E-state index < -0.39 is 11.9 Å². The first-order valence-corrected chi connectivity index (χ1v) is 5.50. The molecule has 0 unspecified atom stereocenters. The molecule has 2 aromatic rings. The van der Waals surface area contributed by atoms with Gasteiger partial charge in [-0.05, 0) is 30.2 Å². The van der Waals surface area contributed by atoms with Gasteiger partial charge in [-0.3, -0.25) is 4.98 Å². The number of anilines is 1. The van der Waals surface area contributed by atoms with Gasteiger partial charge in [0.15, 0.2) is 0 Å². The molecular formula is C12H11F3N4. The van der Waals surface area contributed by atoms with E-state index in [0.717, 1.165) is 23.4 Å². The summed E-state index contributed by atoms with van der Waals surface area (Å²) in [5.41, 5.74) is 0.912. The van der Waals surface area contributed by atoms with Crippen LogP contribution in [0.5, 0.6) is 0 Å². The van der Waals surface area contributed by atoms with Gasteiger partial charge in [0, 0.05) is 25.1 Å². The van der Waals surface area contributed by atoms with Crippen molar-refractivity contribution >= 4 is 5.95 Å². The summed E-state index contributed by atoms with van der Waals surface area (Å²) >= 11 is 0. The van der Waals surface area contributed by atoms with E-state index in [1.54, 1.807) is 18.5 Å². The van der Waals surface area contributed by atoms with E-state index in [4.69, 9.17) is 0 Å². The number of nitrogens with zero attached hydrogens (tertiary/aromatic N) is 3. The molecule has 0 aliphatic heterocycles. The Labute approximate surface area is 107 Å². The Morgan fingerprint density at radius 3 is 2.68 bits per heavy atom. The maximum Gasteiger partial charge on any atom is 0.433 e. The number of hydrogen-bond acceptors (Lipinski definition) is 4. The molecule has 2 heterocycles. The number of hydrogen-bond donors (Lipinski definition) is 1. The Hall–Kier alpha value is -2.18. The van der Waals surface area contributed by atoms with Gasteiger partial charge in [0.25, 0.3) is 0 Å². The van der Waals surface area contributed by atoms with Crippen molar-refractivity contribution in [1.29, 1.82) is 0 Å². The maximum absolute atomic E-state index is 12.5. The van der Waals surface area contributed by atoms with Gasteiger partial charge in [-0.15, -0.1) is 0 Å². The van der Waals surface area contributed by atoms with Gasteiger partial charge in [-0.25, -0.2) is 9.97 Å². The first kappa shape index (κ1) is 13.3. The largest absolute Gasteiger partial charge is 0.433 e. The van der Waals surface area contributed by atoms with Crippen molar-refractivity contribution in [1.82, 2.24) is 15.0 Å².